The quantitative estimate of drug-likeness (QED) is 0.103. The molecule has 2 aliphatic heterocycles. The fourth-order valence-corrected chi connectivity index (χ4v) is 6.75. The summed E-state index contributed by atoms with van der Waals surface area (Å²) in [6.07, 6.45) is 14.6. The summed E-state index contributed by atoms with van der Waals surface area (Å²) in [7, 11) is 0. The third-order valence-electron chi connectivity index (χ3n) is 9.10. The van der Waals surface area contributed by atoms with Crippen LogP contribution in [0.1, 0.15) is 96.0 Å². The normalized spacial score (nSPS) is 15.2. The number of halogens is 2. The third kappa shape index (κ3) is 11.6. The molecule has 254 valence electrons. The molecule has 0 radical (unpaired) electrons. The first kappa shape index (κ1) is 36.4. The molecule has 0 aromatic heterocycles. The van der Waals surface area contributed by atoms with Crippen molar-refractivity contribution in [2.75, 3.05) is 62.3 Å². The minimum Gasteiger partial charge on any atom is -0.494 e. The molecule has 7 nitrogen and oxygen atoms in total. The minimum atomic E-state index is -0.169. The van der Waals surface area contributed by atoms with E-state index in [0.29, 0.717) is 36.0 Å². The maximum absolute atomic E-state index is 12.8. The van der Waals surface area contributed by atoms with Crippen LogP contribution in [0.2, 0.25) is 10.0 Å². The van der Waals surface area contributed by atoms with E-state index in [0.717, 1.165) is 87.5 Å². The lowest BCUT2D eigenvalue weighted by atomic mass is 10.0. The van der Waals surface area contributed by atoms with E-state index in [2.05, 4.69) is 22.8 Å². The number of ether oxygens (including phenoxy) is 2. The zero-order chi connectivity index (χ0) is 32.6. The molecular weight excluding hydrogens is 621 g/mol. The molecule has 0 bridgehead atoms. The number of aryl methyl sites for hydroxylation is 1. The van der Waals surface area contributed by atoms with Gasteiger partial charge in [-0.25, -0.2) is 0 Å². The average Bonchev–Trinajstić information content (AvgIpc) is 3.06. The zero-order valence-electron chi connectivity index (χ0n) is 27.8. The molecule has 0 unspecified atom stereocenters. The highest BCUT2D eigenvalue weighted by atomic mass is 35.5. The molecule has 0 atom stereocenters. The Hall–Kier alpha value is -2.48. The first-order valence-corrected chi connectivity index (χ1v) is 18.3. The average molecular weight is 675 g/mol. The number of fused-ring (bicyclic) bond motifs is 1. The smallest absolute Gasteiger partial charge is 0.305 e. The second-order valence-electron chi connectivity index (χ2n) is 12.6. The van der Waals surface area contributed by atoms with Gasteiger partial charge >= 0.3 is 5.97 Å². The van der Waals surface area contributed by atoms with E-state index < -0.39 is 0 Å². The zero-order valence-corrected chi connectivity index (χ0v) is 29.3. The molecule has 1 fully saturated rings. The number of rotatable bonds is 20. The molecule has 0 N–H and O–H groups in total. The standard InChI is InChI=1S/C37H53Cl2N3O4/c1-2-3-4-5-6-7-8-9-10-16-36(44)46-28-26-42-34-29-31(19-17-30(34)18-20-35(42)43)45-27-12-11-21-40-22-24-41(25-23-40)33-15-13-14-32(38)37(33)39/h13-15,17,19,29H,2-12,16,18,20-28H2,1H3. The van der Waals surface area contributed by atoms with Crippen molar-refractivity contribution in [1.29, 1.82) is 0 Å². The van der Waals surface area contributed by atoms with E-state index in [1.807, 2.05) is 30.3 Å². The number of benzene rings is 2. The minimum absolute atomic E-state index is 0.0670. The lowest BCUT2D eigenvalue weighted by Gasteiger charge is -2.36. The van der Waals surface area contributed by atoms with Crippen molar-refractivity contribution in [3.8, 4) is 5.75 Å². The van der Waals surface area contributed by atoms with Crippen LogP contribution in [0.25, 0.3) is 0 Å². The summed E-state index contributed by atoms with van der Waals surface area (Å²) >= 11 is 12.6. The number of piperazine rings is 1. The highest BCUT2D eigenvalue weighted by Gasteiger charge is 2.25. The molecule has 2 aromatic rings. The molecule has 4 rings (SSSR count). The van der Waals surface area contributed by atoms with E-state index >= 15 is 0 Å². The van der Waals surface area contributed by atoms with Crippen LogP contribution in [0.3, 0.4) is 0 Å². The molecule has 2 heterocycles. The van der Waals surface area contributed by atoms with Gasteiger partial charge in [-0.05, 0) is 56.0 Å². The van der Waals surface area contributed by atoms with Crippen LogP contribution in [0.4, 0.5) is 11.4 Å². The van der Waals surface area contributed by atoms with Gasteiger partial charge in [0.2, 0.25) is 5.91 Å². The van der Waals surface area contributed by atoms with Gasteiger partial charge in [0.1, 0.15) is 12.4 Å². The number of anilines is 2. The topological polar surface area (TPSA) is 62.3 Å². The van der Waals surface area contributed by atoms with Crippen molar-refractivity contribution in [2.45, 2.75) is 96.8 Å². The van der Waals surface area contributed by atoms with Crippen molar-refractivity contribution in [1.82, 2.24) is 4.90 Å². The Bertz CT molecular complexity index is 1240. The molecular formula is C37H53Cl2N3O4. The number of unbranched alkanes of at least 4 members (excludes halogenated alkanes) is 9. The van der Waals surface area contributed by atoms with Gasteiger partial charge in [0.25, 0.3) is 0 Å². The van der Waals surface area contributed by atoms with E-state index in [9.17, 15) is 9.59 Å². The fourth-order valence-electron chi connectivity index (χ4n) is 6.33. The second kappa shape index (κ2) is 20.0. The highest BCUT2D eigenvalue weighted by molar-refractivity contribution is 6.43. The number of nitrogens with zero attached hydrogens (tertiary/aromatic N) is 3. The first-order valence-electron chi connectivity index (χ1n) is 17.6. The van der Waals surface area contributed by atoms with Crippen molar-refractivity contribution in [2.24, 2.45) is 0 Å². The van der Waals surface area contributed by atoms with Gasteiger partial charge < -0.3 is 19.3 Å². The number of carbonyl (C=O) groups excluding carboxylic acids is 2. The summed E-state index contributed by atoms with van der Waals surface area (Å²) < 4.78 is 11.6. The second-order valence-corrected chi connectivity index (χ2v) is 13.4. The van der Waals surface area contributed by atoms with Gasteiger partial charge in [0, 0.05) is 45.1 Å². The molecule has 1 amide bonds. The Morgan fingerprint density at radius 3 is 2.28 bits per heavy atom. The lowest BCUT2D eigenvalue weighted by molar-refractivity contribution is -0.143. The van der Waals surface area contributed by atoms with E-state index in [1.54, 1.807) is 4.90 Å². The third-order valence-corrected chi connectivity index (χ3v) is 9.91. The van der Waals surface area contributed by atoms with E-state index in [-0.39, 0.29) is 18.5 Å². The monoisotopic (exact) mass is 673 g/mol. The summed E-state index contributed by atoms with van der Waals surface area (Å²) in [5.74, 6) is 0.669. The summed E-state index contributed by atoms with van der Waals surface area (Å²) in [5, 5.41) is 1.23. The van der Waals surface area contributed by atoms with Gasteiger partial charge in [-0.3, -0.25) is 14.5 Å². The van der Waals surface area contributed by atoms with Crippen molar-refractivity contribution >= 4 is 46.5 Å². The Balaban J connectivity index is 1.11. The number of amides is 1. The van der Waals surface area contributed by atoms with Crippen LogP contribution in [0, 0.1) is 0 Å². The van der Waals surface area contributed by atoms with Crippen LogP contribution >= 0.6 is 23.2 Å². The Labute approximate surface area is 286 Å². The highest BCUT2D eigenvalue weighted by Crippen LogP contribution is 2.33. The van der Waals surface area contributed by atoms with Crippen molar-refractivity contribution in [3.05, 3.63) is 52.0 Å². The molecule has 0 aliphatic carbocycles. The molecule has 46 heavy (non-hydrogen) atoms. The fraction of sp³-hybridized carbons (Fsp3) is 0.622. The van der Waals surface area contributed by atoms with Crippen LogP contribution in [-0.2, 0) is 20.7 Å². The summed E-state index contributed by atoms with van der Waals surface area (Å²) in [6.45, 7) is 8.33. The first-order chi connectivity index (χ1) is 22.5. The van der Waals surface area contributed by atoms with Gasteiger partial charge in [-0.15, -0.1) is 0 Å². The van der Waals surface area contributed by atoms with E-state index in [4.69, 9.17) is 32.7 Å². The number of hydrogen-bond donors (Lipinski definition) is 0. The summed E-state index contributed by atoms with van der Waals surface area (Å²) in [6, 6.07) is 11.8. The Morgan fingerprint density at radius 2 is 1.52 bits per heavy atom. The molecule has 1 saturated heterocycles. The maximum atomic E-state index is 12.8. The molecule has 0 spiro atoms. The predicted molar refractivity (Wildman–Crippen MR) is 190 cm³/mol. The Kier molecular flexibility index (Phi) is 15.8. The van der Waals surface area contributed by atoms with Crippen LogP contribution in [0.5, 0.6) is 5.75 Å². The molecule has 0 saturated carbocycles. The van der Waals surface area contributed by atoms with Gasteiger partial charge in [-0.1, -0.05) is 93.6 Å². The van der Waals surface area contributed by atoms with E-state index in [1.165, 1.54) is 44.9 Å². The lowest BCUT2D eigenvalue weighted by Crippen LogP contribution is -2.46. The summed E-state index contributed by atoms with van der Waals surface area (Å²) in [4.78, 5) is 31.6. The SMILES string of the molecule is CCCCCCCCCCCC(=O)OCCN1C(=O)CCc2ccc(OCCCCN3CCN(c4cccc(Cl)c4Cl)CC3)cc21. The maximum Gasteiger partial charge on any atom is 0.305 e. The molecule has 9 heteroatoms. The van der Waals surface area contributed by atoms with Gasteiger partial charge in [0.15, 0.2) is 0 Å². The number of carbonyl (C=O) groups is 2. The van der Waals surface area contributed by atoms with Gasteiger partial charge in [0.05, 0.1) is 34.6 Å². The summed E-state index contributed by atoms with van der Waals surface area (Å²) in [5.41, 5.74) is 3.02. The number of hydrogen-bond acceptors (Lipinski definition) is 6. The Morgan fingerprint density at radius 1 is 0.783 bits per heavy atom. The van der Waals surface area contributed by atoms with Crippen LogP contribution < -0.4 is 14.5 Å². The van der Waals surface area contributed by atoms with Crippen LogP contribution in [-0.4, -0.2) is 69.3 Å². The molecule has 2 aliphatic rings. The van der Waals surface area contributed by atoms with Crippen LogP contribution in [0.15, 0.2) is 36.4 Å². The van der Waals surface area contributed by atoms with Gasteiger partial charge in [-0.2, -0.15) is 0 Å². The van der Waals surface area contributed by atoms with Crippen molar-refractivity contribution < 1.29 is 19.1 Å². The van der Waals surface area contributed by atoms with Crippen molar-refractivity contribution in [3.63, 3.8) is 0 Å². The largest absolute Gasteiger partial charge is 0.494 e. The predicted octanol–water partition coefficient (Wildman–Crippen LogP) is 8.72. The molecule has 2 aromatic carbocycles. The number of esters is 1.